The van der Waals surface area contributed by atoms with Crippen molar-refractivity contribution >= 4 is 34.6 Å². The van der Waals surface area contributed by atoms with E-state index in [1.54, 1.807) is 6.07 Å². The normalized spacial score (nSPS) is 10.4. The zero-order chi connectivity index (χ0) is 15.4. The number of nitrogens with one attached hydrogen (secondary N) is 1. The monoisotopic (exact) mass is 324 g/mol. The van der Waals surface area contributed by atoms with E-state index in [0.717, 1.165) is 23.2 Å². The van der Waals surface area contributed by atoms with E-state index in [1.165, 1.54) is 6.07 Å². The van der Waals surface area contributed by atoms with Crippen molar-refractivity contribution < 1.29 is 4.92 Å². The molecule has 6 heteroatoms. The average Bonchev–Trinajstić information content (AvgIpc) is 2.44. The van der Waals surface area contributed by atoms with Gasteiger partial charge in [0, 0.05) is 23.3 Å². The number of anilines is 1. The largest absolute Gasteiger partial charge is 0.384 e. The van der Waals surface area contributed by atoms with Gasteiger partial charge >= 0.3 is 0 Å². The molecule has 0 heterocycles. The molecule has 2 rings (SSSR count). The summed E-state index contributed by atoms with van der Waals surface area (Å²) in [4.78, 5) is 10.3. The highest BCUT2D eigenvalue weighted by atomic mass is 35.5. The van der Waals surface area contributed by atoms with Crippen molar-refractivity contribution in [1.82, 2.24) is 0 Å². The Morgan fingerprint density at radius 3 is 2.48 bits per heavy atom. The number of hydrogen-bond donors (Lipinski definition) is 1. The molecule has 0 spiro atoms. The van der Waals surface area contributed by atoms with E-state index in [9.17, 15) is 10.1 Å². The van der Waals surface area contributed by atoms with Gasteiger partial charge in [0.15, 0.2) is 0 Å². The smallest absolute Gasteiger partial charge is 0.288 e. The van der Waals surface area contributed by atoms with Crippen molar-refractivity contribution in [3.05, 3.63) is 67.7 Å². The van der Waals surface area contributed by atoms with Crippen LogP contribution >= 0.6 is 23.2 Å². The topological polar surface area (TPSA) is 55.2 Å². The fourth-order valence-corrected chi connectivity index (χ4v) is 2.35. The minimum absolute atomic E-state index is 0.0718. The molecule has 0 radical (unpaired) electrons. The second kappa shape index (κ2) is 6.78. The average molecular weight is 325 g/mol. The van der Waals surface area contributed by atoms with Gasteiger partial charge in [-0.05, 0) is 42.7 Å². The van der Waals surface area contributed by atoms with Crippen LogP contribution in [0.15, 0.2) is 36.4 Å². The Balaban J connectivity index is 2.02. The van der Waals surface area contributed by atoms with Crippen molar-refractivity contribution in [1.29, 1.82) is 0 Å². The summed E-state index contributed by atoms with van der Waals surface area (Å²) in [6.07, 6.45) is 0.825. The molecule has 21 heavy (non-hydrogen) atoms. The first kappa shape index (κ1) is 15.6. The number of halogens is 2. The van der Waals surface area contributed by atoms with Crippen molar-refractivity contribution in [2.75, 3.05) is 11.9 Å². The fraction of sp³-hybridized carbons (Fsp3) is 0.200. The predicted molar refractivity (Wildman–Crippen MR) is 86.5 cm³/mol. The molecule has 0 saturated carbocycles. The van der Waals surface area contributed by atoms with E-state index >= 15 is 0 Å². The number of nitro groups is 1. The van der Waals surface area contributed by atoms with E-state index in [4.69, 9.17) is 23.2 Å². The van der Waals surface area contributed by atoms with Crippen LogP contribution in [0, 0.1) is 17.0 Å². The van der Waals surface area contributed by atoms with Crippen molar-refractivity contribution in [2.24, 2.45) is 0 Å². The lowest BCUT2D eigenvalue weighted by atomic mass is 10.1. The zero-order valence-electron chi connectivity index (χ0n) is 11.4. The van der Waals surface area contributed by atoms with Gasteiger partial charge < -0.3 is 5.32 Å². The maximum absolute atomic E-state index is 10.8. The Morgan fingerprint density at radius 2 is 1.86 bits per heavy atom. The quantitative estimate of drug-likeness (QED) is 0.630. The summed E-state index contributed by atoms with van der Waals surface area (Å²) in [5, 5.41) is 14.9. The van der Waals surface area contributed by atoms with Crippen LogP contribution in [0.4, 0.5) is 11.4 Å². The SMILES string of the molecule is Cc1cc([N+](=O)[O-])c(Cl)cc1NCCc1ccc(Cl)cc1. The standard InChI is InChI=1S/C15H14Cl2N2O2/c1-10-8-15(19(20)21)13(17)9-14(10)18-7-6-11-2-4-12(16)5-3-11/h2-5,8-9,18H,6-7H2,1H3. The van der Waals surface area contributed by atoms with Gasteiger partial charge in [0.2, 0.25) is 0 Å². The zero-order valence-corrected chi connectivity index (χ0v) is 12.9. The third-order valence-electron chi connectivity index (χ3n) is 3.13. The molecule has 0 saturated heterocycles. The molecule has 0 aromatic heterocycles. The number of nitrogens with zero attached hydrogens (tertiary/aromatic N) is 1. The fourth-order valence-electron chi connectivity index (χ4n) is 1.99. The maximum atomic E-state index is 10.8. The molecule has 0 amide bonds. The van der Waals surface area contributed by atoms with E-state index in [0.29, 0.717) is 11.6 Å². The van der Waals surface area contributed by atoms with Gasteiger partial charge in [-0.2, -0.15) is 0 Å². The molecular formula is C15H14Cl2N2O2. The number of hydrogen-bond acceptors (Lipinski definition) is 3. The minimum atomic E-state index is -0.479. The molecule has 2 aromatic rings. The van der Waals surface area contributed by atoms with Crippen molar-refractivity contribution in [3.8, 4) is 0 Å². The summed E-state index contributed by atoms with van der Waals surface area (Å²) in [5.41, 5.74) is 2.69. The van der Waals surface area contributed by atoms with E-state index in [2.05, 4.69) is 5.32 Å². The third-order valence-corrected chi connectivity index (χ3v) is 3.69. The summed E-state index contributed by atoms with van der Waals surface area (Å²) in [6, 6.07) is 10.7. The molecule has 0 unspecified atom stereocenters. The molecule has 0 atom stereocenters. The molecule has 0 aliphatic carbocycles. The van der Waals surface area contributed by atoms with Crippen LogP contribution in [0.5, 0.6) is 0 Å². The summed E-state index contributed by atoms with van der Waals surface area (Å²) >= 11 is 11.7. The Hall–Kier alpha value is -1.78. The number of rotatable bonds is 5. The first-order valence-electron chi connectivity index (χ1n) is 6.40. The summed E-state index contributed by atoms with van der Waals surface area (Å²) < 4.78 is 0. The van der Waals surface area contributed by atoms with Gasteiger partial charge in [0.1, 0.15) is 5.02 Å². The number of aryl methyl sites for hydroxylation is 1. The van der Waals surface area contributed by atoms with Crippen molar-refractivity contribution in [3.63, 3.8) is 0 Å². The first-order chi connectivity index (χ1) is 9.97. The lowest BCUT2D eigenvalue weighted by Gasteiger charge is -2.10. The molecule has 0 bridgehead atoms. The highest BCUT2D eigenvalue weighted by Crippen LogP contribution is 2.30. The first-order valence-corrected chi connectivity index (χ1v) is 7.16. The highest BCUT2D eigenvalue weighted by Gasteiger charge is 2.14. The maximum Gasteiger partial charge on any atom is 0.288 e. The van der Waals surface area contributed by atoms with Crippen LogP contribution in [0.25, 0.3) is 0 Å². The second-order valence-corrected chi connectivity index (χ2v) is 5.52. The molecule has 0 aliphatic rings. The minimum Gasteiger partial charge on any atom is -0.384 e. The van der Waals surface area contributed by atoms with E-state index in [1.807, 2.05) is 31.2 Å². The van der Waals surface area contributed by atoms with Crippen molar-refractivity contribution in [2.45, 2.75) is 13.3 Å². The van der Waals surface area contributed by atoms with Crippen LogP contribution in [-0.2, 0) is 6.42 Å². The Morgan fingerprint density at radius 1 is 1.19 bits per heavy atom. The molecule has 110 valence electrons. The second-order valence-electron chi connectivity index (χ2n) is 4.68. The van der Waals surface area contributed by atoms with Gasteiger partial charge in [-0.1, -0.05) is 35.3 Å². The Bertz CT molecular complexity index is 657. The van der Waals surface area contributed by atoms with Crippen LogP contribution in [0.1, 0.15) is 11.1 Å². The summed E-state index contributed by atoms with van der Waals surface area (Å²) in [6.45, 7) is 2.52. The molecular weight excluding hydrogens is 311 g/mol. The molecule has 0 aliphatic heterocycles. The van der Waals surface area contributed by atoms with Gasteiger partial charge in [-0.15, -0.1) is 0 Å². The summed E-state index contributed by atoms with van der Waals surface area (Å²) in [7, 11) is 0. The lowest BCUT2D eigenvalue weighted by molar-refractivity contribution is -0.384. The highest BCUT2D eigenvalue weighted by molar-refractivity contribution is 6.33. The van der Waals surface area contributed by atoms with Crippen LogP contribution in [-0.4, -0.2) is 11.5 Å². The molecule has 2 aromatic carbocycles. The van der Waals surface area contributed by atoms with Gasteiger partial charge in [-0.25, -0.2) is 0 Å². The molecule has 0 fully saturated rings. The Kier molecular flexibility index (Phi) is 5.04. The van der Waals surface area contributed by atoms with E-state index < -0.39 is 4.92 Å². The van der Waals surface area contributed by atoms with Crippen LogP contribution in [0.3, 0.4) is 0 Å². The molecule has 4 nitrogen and oxygen atoms in total. The van der Waals surface area contributed by atoms with Gasteiger partial charge in [0.25, 0.3) is 5.69 Å². The Labute approximate surface area is 132 Å². The van der Waals surface area contributed by atoms with Gasteiger partial charge in [-0.3, -0.25) is 10.1 Å². The molecule has 1 N–H and O–H groups in total. The number of nitro benzene ring substituents is 1. The van der Waals surface area contributed by atoms with E-state index in [-0.39, 0.29) is 10.7 Å². The van der Waals surface area contributed by atoms with Crippen LogP contribution < -0.4 is 5.32 Å². The lowest BCUT2D eigenvalue weighted by Crippen LogP contribution is -2.06. The van der Waals surface area contributed by atoms with Crippen LogP contribution in [0.2, 0.25) is 10.0 Å². The summed E-state index contributed by atoms with van der Waals surface area (Å²) in [5.74, 6) is 0. The predicted octanol–water partition coefficient (Wildman–Crippen LogP) is 4.86. The number of benzene rings is 2. The van der Waals surface area contributed by atoms with Gasteiger partial charge in [0.05, 0.1) is 4.92 Å². The third kappa shape index (κ3) is 4.09.